The molecular formula is C9H5ClNO2. The third kappa shape index (κ3) is 1.04. The van der Waals surface area contributed by atoms with Gasteiger partial charge in [-0.25, -0.2) is 0 Å². The summed E-state index contributed by atoms with van der Waals surface area (Å²) in [5.41, 5.74) is 0.692. The number of fused-ring (bicyclic) bond motifs is 1. The van der Waals surface area contributed by atoms with Crippen LogP contribution in [0.5, 0.6) is 0 Å². The Morgan fingerprint density at radius 2 is 1.77 bits per heavy atom. The van der Waals surface area contributed by atoms with Crippen molar-refractivity contribution in [3.63, 3.8) is 0 Å². The molecule has 4 heteroatoms. The highest BCUT2D eigenvalue weighted by Crippen LogP contribution is 2.24. The maximum atomic E-state index is 11.3. The van der Waals surface area contributed by atoms with Crippen LogP contribution < -0.4 is 0 Å². The number of benzene rings is 1. The minimum Gasteiger partial charge on any atom is -0.273 e. The van der Waals surface area contributed by atoms with Gasteiger partial charge in [-0.2, -0.15) is 0 Å². The van der Waals surface area contributed by atoms with Crippen molar-refractivity contribution in [2.45, 2.75) is 0 Å². The molecule has 13 heavy (non-hydrogen) atoms. The first-order valence-electron chi connectivity index (χ1n) is 3.60. The highest BCUT2D eigenvalue weighted by Gasteiger charge is 2.32. The van der Waals surface area contributed by atoms with Crippen LogP contribution in [0.25, 0.3) is 0 Å². The fourth-order valence-corrected chi connectivity index (χ4v) is 1.44. The van der Waals surface area contributed by atoms with Crippen LogP contribution >= 0.6 is 11.6 Å². The monoisotopic (exact) mass is 194 g/mol. The molecule has 1 heterocycles. The molecule has 0 N–H and O–H groups in total. The number of rotatable bonds is 0. The van der Waals surface area contributed by atoms with Gasteiger partial charge in [0.1, 0.15) is 0 Å². The molecule has 1 aromatic rings. The minimum absolute atomic E-state index is 0.326. The van der Waals surface area contributed by atoms with Gasteiger partial charge in [0.15, 0.2) is 0 Å². The predicted molar refractivity (Wildman–Crippen MR) is 47.3 cm³/mol. The topological polar surface area (TPSA) is 37.4 Å². The first-order chi connectivity index (χ1) is 6.11. The molecule has 1 aliphatic rings. The van der Waals surface area contributed by atoms with Crippen LogP contribution in [0.15, 0.2) is 18.2 Å². The normalized spacial score (nSPS) is 15.1. The van der Waals surface area contributed by atoms with E-state index in [0.717, 1.165) is 4.90 Å². The van der Waals surface area contributed by atoms with Crippen molar-refractivity contribution in [3.8, 4) is 0 Å². The van der Waals surface area contributed by atoms with E-state index in [9.17, 15) is 9.59 Å². The average molecular weight is 195 g/mol. The number of hydrogen-bond donors (Lipinski definition) is 0. The van der Waals surface area contributed by atoms with Crippen molar-refractivity contribution >= 4 is 23.4 Å². The molecule has 1 aromatic carbocycles. The molecule has 0 aromatic heterocycles. The lowest BCUT2D eigenvalue weighted by molar-refractivity contribution is 0.0717. The van der Waals surface area contributed by atoms with Gasteiger partial charge in [0.25, 0.3) is 11.8 Å². The van der Waals surface area contributed by atoms with Gasteiger partial charge in [-0.1, -0.05) is 11.6 Å². The van der Waals surface area contributed by atoms with Crippen LogP contribution in [0.4, 0.5) is 0 Å². The van der Waals surface area contributed by atoms with Gasteiger partial charge in [0, 0.05) is 12.1 Å². The van der Waals surface area contributed by atoms with Crippen molar-refractivity contribution < 1.29 is 9.59 Å². The van der Waals surface area contributed by atoms with Crippen molar-refractivity contribution in [2.24, 2.45) is 0 Å². The molecule has 0 bridgehead atoms. The minimum atomic E-state index is -0.400. The Kier molecular flexibility index (Phi) is 1.63. The SMILES string of the molecule is [CH2]N1C(=O)c2ccc(Cl)cc2C1=O. The predicted octanol–water partition coefficient (Wildman–Crippen LogP) is 1.73. The largest absolute Gasteiger partial charge is 0.273 e. The Labute approximate surface area is 79.9 Å². The zero-order valence-corrected chi connectivity index (χ0v) is 7.34. The smallest absolute Gasteiger partial charge is 0.261 e. The fraction of sp³-hybridized carbons (Fsp3) is 0. The number of imide groups is 1. The molecule has 0 spiro atoms. The summed E-state index contributed by atoms with van der Waals surface area (Å²) in [5.74, 6) is -0.779. The van der Waals surface area contributed by atoms with Gasteiger partial charge < -0.3 is 0 Å². The molecule has 0 saturated heterocycles. The molecule has 65 valence electrons. The standard InChI is InChI=1S/C9H5ClNO2/c1-11-8(12)6-3-2-5(10)4-7(6)9(11)13/h2-4H,1H2. The number of halogens is 1. The second-order valence-corrected chi connectivity index (χ2v) is 3.16. The Balaban J connectivity index is 2.67. The van der Waals surface area contributed by atoms with Gasteiger partial charge in [-0.3, -0.25) is 14.5 Å². The van der Waals surface area contributed by atoms with E-state index in [1.165, 1.54) is 12.1 Å². The lowest BCUT2D eigenvalue weighted by Crippen LogP contribution is -2.21. The van der Waals surface area contributed by atoms with Gasteiger partial charge in [0.2, 0.25) is 0 Å². The molecule has 0 atom stereocenters. The molecule has 3 nitrogen and oxygen atoms in total. The molecular weight excluding hydrogens is 190 g/mol. The third-order valence-electron chi connectivity index (χ3n) is 1.93. The van der Waals surface area contributed by atoms with E-state index in [1.54, 1.807) is 6.07 Å². The number of hydrogen-bond acceptors (Lipinski definition) is 2. The van der Waals surface area contributed by atoms with Crippen molar-refractivity contribution in [2.75, 3.05) is 0 Å². The lowest BCUT2D eigenvalue weighted by atomic mass is 10.1. The maximum Gasteiger partial charge on any atom is 0.261 e. The van der Waals surface area contributed by atoms with E-state index in [4.69, 9.17) is 11.6 Å². The van der Waals surface area contributed by atoms with E-state index in [2.05, 4.69) is 7.05 Å². The van der Waals surface area contributed by atoms with E-state index in [-0.39, 0.29) is 5.91 Å². The summed E-state index contributed by atoms with van der Waals surface area (Å²) in [6, 6.07) is 4.58. The fourth-order valence-electron chi connectivity index (χ4n) is 1.26. The van der Waals surface area contributed by atoms with Gasteiger partial charge in [-0.15, -0.1) is 0 Å². The Bertz CT molecular complexity index is 414. The Hall–Kier alpha value is -1.35. The number of nitrogens with zero attached hydrogens (tertiary/aromatic N) is 1. The average Bonchev–Trinajstić information content (AvgIpc) is 2.32. The first kappa shape index (κ1) is 8.26. The Morgan fingerprint density at radius 1 is 1.15 bits per heavy atom. The second kappa shape index (κ2) is 2.57. The number of carbonyl (C=O) groups is 2. The van der Waals surface area contributed by atoms with Gasteiger partial charge >= 0.3 is 0 Å². The highest BCUT2D eigenvalue weighted by atomic mass is 35.5. The molecule has 0 unspecified atom stereocenters. The summed E-state index contributed by atoms with van der Waals surface area (Å²) in [6.07, 6.45) is 0. The summed E-state index contributed by atoms with van der Waals surface area (Å²) >= 11 is 5.68. The molecule has 0 fully saturated rings. The van der Waals surface area contributed by atoms with Crippen molar-refractivity contribution in [1.29, 1.82) is 0 Å². The van der Waals surface area contributed by atoms with Crippen LogP contribution in [-0.4, -0.2) is 16.7 Å². The molecule has 1 aliphatic heterocycles. The van der Waals surface area contributed by atoms with Crippen LogP contribution in [0.3, 0.4) is 0 Å². The number of carbonyl (C=O) groups excluding carboxylic acids is 2. The summed E-state index contributed by atoms with van der Waals surface area (Å²) < 4.78 is 0. The molecule has 0 saturated carbocycles. The number of amides is 2. The summed E-state index contributed by atoms with van der Waals surface area (Å²) in [6.45, 7) is 0. The molecule has 0 aliphatic carbocycles. The molecule has 2 amide bonds. The third-order valence-corrected chi connectivity index (χ3v) is 2.17. The Morgan fingerprint density at radius 3 is 2.46 bits per heavy atom. The summed E-state index contributed by atoms with van der Waals surface area (Å²) in [7, 11) is 3.34. The van der Waals surface area contributed by atoms with Crippen molar-refractivity contribution in [3.05, 3.63) is 41.4 Å². The summed E-state index contributed by atoms with van der Waals surface area (Å²) in [4.78, 5) is 23.5. The molecule has 1 radical (unpaired) electrons. The van der Waals surface area contributed by atoms with E-state index in [1.807, 2.05) is 0 Å². The zero-order valence-electron chi connectivity index (χ0n) is 6.58. The molecule has 2 rings (SSSR count). The summed E-state index contributed by atoms with van der Waals surface area (Å²) in [5, 5.41) is 0.440. The van der Waals surface area contributed by atoms with Gasteiger partial charge in [0.05, 0.1) is 11.1 Å². The van der Waals surface area contributed by atoms with Gasteiger partial charge in [-0.05, 0) is 18.2 Å². The van der Waals surface area contributed by atoms with Crippen LogP contribution in [-0.2, 0) is 0 Å². The second-order valence-electron chi connectivity index (χ2n) is 2.73. The van der Waals surface area contributed by atoms with Crippen LogP contribution in [0.1, 0.15) is 20.7 Å². The lowest BCUT2D eigenvalue weighted by Gasteiger charge is -2.01. The zero-order chi connectivity index (χ0) is 9.59. The van der Waals surface area contributed by atoms with E-state index in [0.29, 0.717) is 16.1 Å². The van der Waals surface area contributed by atoms with E-state index >= 15 is 0 Å². The maximum absolute atomic E-state index is 11.3. The van der Waals surface area contributed by atoms with Crippen LogP contribution in [0, 0.1) is 7.05 Å². The first-order valence-corrected chi connectivity index (χ1v) is 3.98. The highest BCUT2D eigenvalue weighted by molar-refractivity contribution is 6.32. The van der Waals surface area contributed by atoms with Crippen molar-refractivity contribution in [1.82, 2.24) is 4.90 Å². The quantitative estimate of drug-likeness (QED) is 0.590. The van der Waals surface area contributed by atoms with E-state index < -0.39 is 5.91 Å². The van der Waals surface area contributed by atoms with Crippen LogP contribution in [0.2, 0.25) is 5.02 Å².